The van der Waals surface area contributed by atoms with Crippen molar-refractivity contribution in [1.29, 1.82) is 0 Å². The van der Waals surface area contributed by atoms with Gasteiger partial charge in [-0.1, -0.05) is 54.6 Å². The third-order valence-electron chi connectivity index (χ3n) is 2.68. The van der Waals surface area contributed by atoms with Gasteiger partial charge in [0.25, 0.3) is 0 Å². The van der Waals surface area contributed by atoms with E-state index in [1.807, 2.05) is 54.6 Å². The van der Waals surface area contributed by atoms with E-state index < -0.39 is 5.97 Å². The van der Waals surface area contributed by atoms with Crippen LogP contribution in [0, 0.1) is 0 Å². The maximum Gasteiger partial charge on any atom is 0.328 e. The lowest BCUT2D eigenvalue weighted by Crippen LogP contribution is -2.01. The van der Waals surface area contributed by atoms with Gasteiger partial charge in [-0.15, -0.1) is 0 Å². The van der Waals surface area contributed by atoms with Crippen LogP contribution in [0.15, 0.2) is 66.7 Å². The lowest BCUT2D eigenvalue weighted by atomic mass is 10.0. The summed E-state index contributed by atoms with van der Waals surface area (Å²) in [5, 5.41) is 11.7. The van der Waals surface area contributed by atoms with Crippen LogP contribution in [0.5, 0.6) is 0 Å². The van der Waals surface area contributed by atoms with Gasteiger partial charge >= 0.3 is 5.97 Å². The summed E-state index contributed by atoms with van der Waals surface area (Å²) in [5.74, 6) is -0.932. The SMILES string of the molecule is O=C(O)/C=C/CNc1ccccc1-c1ccccc1. The Morgan fingerprint density at radius 3 is 2.47 bits per heavy atom. The van der Waals surface area contributed by atoms with Gasteiger partial charge in [-0.05, 0) is 11.6 Å². The summed E-state index contributed by atoms with van der Waals surface area (Å²) in [5.41, 5.74) is 3.23. The zero-order valence-corrected chi connectivity index (χ0v) is 10.4. The predicted molar refractivity (Wildman–Crippen MR) is 77.1 cm³/mol. The molecule has 2 N–H and O–H groups in total. The third-order valence-corrected chi connectivity index (χ3v) is 2.68. The number of hydrogen-bond donors (Lipinski definition) is 2. The molecule has 3 heteroatoms. The molecule has 0 bridgehead atoms. The molecular formula is C16H15NO2. The molecule has 0 radical (unpaired) electrons. The average molecular weight is 253 g/mol. The zero-order chi connectivity index (χ0) is 13.5. The molecule has 19 heavy (non-hydrogen) atoms. The van der Waals surface area contributed by atoms with Gasteiger partial charge in [0.15, 0.2) is 0 Å². The van der Waals surface area contributed by atoms with Crippen LogP contribution in [0.3, 0.4) is 0 Å². The maximum atomic E-state index is 10.4. The fourth-order valence-electron chi connectivity index (χ4n) is 1.84. The van der Waals surface area contributed by atoms with Gasteiger partial charge in [-0.3, -0.25) is 0 Å². The summed E-state index contributed by atoms with van der Waals surface area (Å²) in [6, 6.07) is 18.0. The predicted octanol–water partition coefficient (Wildman–Crippen LogP) is 3.41. The summed E-state index contributed by atoms with van der Waals surface area (Å²) < 4.78 is 0. The van der Waals surface area contributed by atoms with E-state index in [0.717, 1.165) is 22.9 Å². The topological polar surface area (TPSA) is 49.3 Å². The minimum absolute atomic E-state index is 0.482. The fourth-order valence-corrected chi connectivity index (χ4v) is 1.84. The first-order valence-corrected chi connectivity index (χ1v) is 6.05. The lowest BCUT2D eigenvalue weighted by Gasteiger charge is -2.10. The number of carboxylic acids is 1. The third kappa shape index (κ3) is 3.71. The zero-order valence-electron chi connectivity index (χ0n) is 10.4. The largest absolute Gasteiger partial charge is 0.478 e. The second-order valence-electron chi connectivity index (χ2n) is 4.03. The second-order valence-corrected chi connectivity index (χ2v) is 4.03. The summed E-state index contributed by atoms with van der Waals surface area (Å²) in [4.78, 5) is 10.4. The number of carbonyl (C=O) groups is 1. The Balaban J connectivity index is 2.15. The molecule has 0 atom stereocenters. The normalized spacial score (nSPS) is 10.5. The van der Waals surface area contributed by atoms with Crippen LogP contribution < -0.4 is 5.32 Å². The van der Waals surface area contributed by atoms with Gasteiger partial charge in [-0.2, -0.15) is 0 Å². The molecule has 2 rings (SSSR count). The van der Waals surface area contributed by atoms with Crippen LogP contribution in [-0.4, -0.2) is 17.6 Å². The molecule has 0 fully saturated rings. The number of benzene rings is 2. The molecular weight excluding hydrogens is 238 g/mol. The number of nitrogens with one attached hydrogen (secondary N) is 1. The van der Waals surface area contributed by atoms with E-state index in [1.165, 1.54) is 0 Å². The fraction of sp³-hybridized carbons (Fsp3) is 0.0625. The van der Waals surface area contributed by atoms with Crippen molar-refractivity contribution >= 4 is 11.7 Å². The smallest absolute Gasteiger partial charge is 0.328 e. The quantitative estimate of drug-likeness (QED) is 0.803. The maximum absolute atomic E-state index is 10.4. The van der Waals surface area contributed by atoms with Gasteiger partial charge in [-0.25, -0.2) is 4.79 Å². The monoisotopic (exact) mass is 253 g/mol. The average Bonchev–Trinajstić information content (AvgIpc) is 2.45. The lowest BCUT2D eigenvalue weighted by molar-refractivity contribution is -0.131. The molecule has 0 saturated carbocycles. The van der Waals surface area contributed by atoms with Crippen molar-refractivity contribution in [2.45, 2.75) is 0 Å². The van der Waals surface area contributed by atoms with E-state index in [-0.39, 0.29) is 0 Å². The van der Waals surface area contributed by atoms with Crippen molar-refractivity contribution in [2.75, 3.05) is 11.9 Å². The van der Waals surface area contributed by atoms with Crippen molar-refractivity contribution < 1.29 is 9.90 Å². The molecule has 0 saturated heterocycles. The Morgan fingerprint density at radius 1 is 1.05 bits per heavy atom. The summed E-state index contributed by atoms with van der Waals surface area (Å²) in [7, 11) is 0. The van der Waals surface area contributed by atoms with Gasteiger partial charge < -0.3 is 10.4 Å². The highest BCUT2D eigenvalue weighted by Gasteiger charge is 2.02. The Morgan fingerprint density at radius 2 is 1.74 bits per heavy atom. The summed E-state index contributed by atoms with van der Waals surface area (Å²) >= 11 is 0. The number of hydrogen-bond acceptors (Lipinski definition) is 2. The Hall–Kier alpha value is -2.55. The minimum atomic E-state index is -0.932. The molecule has 96 valence electrons. The van der Waals surface area contributed by atoms with Gasteiger partial charge in [0, 0.05) is 23.9 Å². The van der Waals surface area contributed by atoms with E-state index in [9.17, 15) is 4.79 Å². The van der Waals surface area contributed by atoms with Crippen molar-refractivity contribution in [3.05, 3.63) is 66.7 Å². The second kappa shape index (κ2) is 6.40. The Labute approximate surface area is 112 Å². The first-order valence-electron chi connectivity index (χ1n) is 6.05. The van der Waals surface area contributed by atoms with Gasteiger partial charge in [0.2, 0.25) is 0 Å². The van der Waals surface area contributed by atoms with Crippen molar-refractivity contribution in [3.63, 3.8) is 0 Å². The van der Waals surface area contributed by atoms with Crippen LogP contribution in [0.1, 0.15) is 0 Å². The molecule has 0 aliphatic rings. The first kappa shape index (κ1) is 12.9. The van der Waals surface area contributed by atoms with Crippen LogP contribution in [-0.2, 0) is 4.79 Å². The molecule has 2 aromatic rings. The summed E-state index contributed by atoms with van der Waals surface area (Å²) in [6.45, 7) is 0.482. The number of rotatable bonds is 5. The van der Waals surface area contributed by atoms with Crippen LogP contribution in [0.25, 0.3) is 11.1 Å². The molecule has 0 aliphatic carbocycles. The number of anilines is 1. The Kier molecular flexibility index (Phi) is 4.34. The van der Waals surface area contributed by atoms with Gasteiger partial charge in [0.05, 0.1) is 0 Å². The van der Waals surface area contributed by atoms with Crippen LogP contribution in [0.2, 0.25) is 0 Å². The first-order chi connectivity index (χ1) is 9.27. The highest BCUT2D eigenvalue weighted by Crippen LogP contribution is 2.27. The molecule has 0 heterocycles. The standard InChI is InChI=1S/C16H15NO2/c18-16(19)11-6-12-17-15-10-5-4-9-14(15)13-7-2-1-3-8-13/h1-11,17H,12H2,(H,18,19)/b11-6+. The van der Waals surface area contributed by atoms with E-state index in [1.54, 1.807) is 6.08 Å². The van der Waals surface area contributed by atoms with E-state index in [0.29, 0.717) is 6.54 Å². The molecule has 3 nitrogen and oxygen atoms in total. The van der Waals surface area contributed by atoms with Crippen LogP contribution in [0.4, 0.5) is 5.69 Å². The van der Waals surface area contributed by atoms with E-state index in [2.05, 4.69) is 5.32 Å². The van der Waals surface area contributed by atoms with E-state index >= 15 is 0 Å². The van der Waals surface area contributed by atoms with Gasteiger partial charge in [0.1, 0.15) is 0 Å². The molecule has 2 aromatic carbocycles. The van der Waals surface area contributed by atoms with Crippen molar-refractivity contribution in [1.82, 2.24) is 0 Å². The minimum Gasteiger partial charge on any atom is -0.478 e. The Bertz CT molecular complexity index is 576. The highest BCUT2D eigenvalue weighted by atomic mass is 16.4. The number of carboxylic acid groups (broad SMARTS) is 1. The molecule has 0 amide bonds. The number of aliphatic carboxylic acids is 1. The molecule has 0 aliphatic heterocycles. The summed E-state index contributed by atoms with van der Waals surface area (Å²) in [6.07, 6.45) is 2.72. The van der Waals surface area contributed by atoms with E-state index in [4.69, 9.17) is 5.11 Å². The highest BCUT2D eigenvalue weighted by molar-refractivity contribution is 5.80. The molecule has 0 spiro atoms. The number of para-hydroxylation sites is 1. The van der Waals surface area contributed by atoms with Crippen LogP contribution >= 0.6 is 0 Å². The van der Waals surface area contributed by atoms with Crippen molar-refractivity contribution in [2.24, 2.45) is 0 Å². The molecule has 0 unspecified atom stereocenters. The molecule has 0 aromatic heterocycles. The van der Waals surface area contributed by atoms with Crippen molar-refractivity contribution in [3.8, 4) is 11.1 Å².